The molecule has 16 heteroatoms. The van der Waals surface area contributed by atoms with Crippen LogP contribution in [0.4, 0.5) is 26.3 Å². The number of carbonyl (C=O) groups excluding carboxylic acids is 1. The summed E-state index contributed by atoms with van der Waals surface area (Å²) in [7, 11) is -5.43. The van der Waals surface area contributed by atoms with Gasteiger partial charge in [0.15, 0.2) is 16.3 Å². The van der Waals surface area contributed by atoms with Gasteiger partial charge in [-0.05, 0) is 18.2 Å². The lowest BCUT2D eigenvalue weighted by Gasteiger charge is -2.13. The van der Waals surface area contributed by atoms with Crippen molar-refractivity contribution >= 4 is 39.1 Å². The maximum absolute atomic E-state index is 13.8. The predicted octanol–water partition coefficient (Wildman–Crippen LogP) is 4.13. The minimum Gasteiger partial charge on any atom is -0.266 e. The first-order chi connectivity index (χ1) is 14.7. The third-order valence-corrected chi connectivity index (χ3v) is 5.69. The van der Waals surface area contributed by atoms with Crippen molar-refractivity contribution in [3.63, 3.8) is 0 Å². The third-order valence-electron chi connectivity index (χ3n) is 3.75. The van der Waals surface area contributed by atoms with Gasteiger partial charge >= 0.3 is 6.18 Å². The highest BCUT2D eigenvalue weighted by atomic mass is 35.5. The molecular weight excluding hydrogens is 513 g/mol. The first-order valence-electron chi connectivity index (χ1n) is 7.92. The van der Waals surface area contributed by atoms with Gasteiger partial charge in [0.1, 0.15) is 17.5 Å². The fourth-order valence-electron chi connectivity index (χ4n) is 2.51. The minimum atomic E-state index is -5.43. The summed E-state index contributed by atoms with van der Waals surface area (Å²) >= 11 is 11.6. The van der Waals surface area contributed by atoms with Crippen LogP contribution in [0.1, 0.15) is 16.2 Å². The molecule has 0 unspecified atom stereocenters. The zero-order valence-electron chi connectivity index (χ0n) is 14.9. The van der Waals surface area contributed by atoms with Crippen LogP contribution in [-0.2, 0) is 16.2 Å². The summed E-state index contributed by atoms with van der Waals surface area (Å²) in [5.41, 5.74) is -3.86. The van der Waals surface area contributed by atoms with Crippen molar-refractivity contribution in [2.75, 3.05) is 0 Å². The summed E-state index contributed by atoms with van der Waals surface area (Å²) in [6.07, 6.45) is -5.32. The highest BCUT2D eigenvalue weighted by Gasteiger charge is 2.43. The molecule has 0 fully saturated rings. The Bertz CT molecular complexity index is 1320. The number of nitrogens with one attached hydrogen (secondary N) is 1. The van der Waals surface area contributed by atoms with Gasteiger partial charge in [-0.1, -0.05) is 28.4 Å². The Balaban J connectivity index is 2.10. The number of hydrogen-bond donors (Lipinski definition) is 1. The van der Waals surface area contributed by atoms with Crippen LogP contribution in [0.15, 0.2) is 35.2 Å². The first-order valence-corrected chi connectivity index (χ1v) is 10.2. The second kappa shape index (κ2) is 8.26. The number of halogens is 8. The van der Waals surface area contributed by atoms with Gasteiger partial charge in [0, 0.05) is 17.2 Å². The topological polar surface area (TPSA) is 93.9 Å². The van der Waals surface area contributed by atoms with Gasteiger partial charge < -0.3 is 0 Å². The van der Waals surface area contributed by atoms with Gasteiger partial charge in [-0.3, -0.25) is 4.79 Å². The lowest BCUT2D eigenvalue weighted by atomic mass is 10.2. The molecule has 1 heterocycles. The van der Waals surface area contributed by atoms with E-state index in [0.29, 0.717) is 0 Å². The summed E-state index contributed by atoms with van der Waals surface area (Å²) in [6.45, 7) is 0. The van der Waals surface area contributed by atoms with Crippen LogP contribution in [0, 0.1) is 17.5 Å². The Morgan fingerprint density at radius 2 is 1.62 bits per heavy atom. The number of aromatic nitrogens is 3. The van der Waals surface area contributed by atoms with Crippen molar-refractivity contribution in [3.05, 3.63) is 69.2 Å². The molecule has 1 N–H and O–H groups in total. The Labute approximate surface area is 184 Å². The van der Waals surface area contributed by atoms with Crippen molar-refractivity contribution in [3.8, 4) is 5.69 Å². The fourth-order valence-corrected chi connectivity index (χ4v) is 3.95. The van der Waals surface area contributed by atoms with E-state index < -0.39 is 61.5 Å². The Kier molecular flexibility index (Phi) is 6.14. The number of sulfonamides is 1. The number of amides is 1. The third kappa shape index (κ3) is 4.52. The lowest BCUT2D eigenvalue weighted by Crippen LogP contribution is -2.33. The van der Waals surface area contributed by atoms with Crippen molar-refractivity contribution in [1.82, 2.24) is 19.7 Å². The first kappa shape index (κ1) is 23.8. The summed E-state index contributed by atoms with van der Waals surface area (Å²) < 4.78 is 107. The molecule has 0 spiro atoms. The molecule has 0 atom stereocenters. The Hall–Kier alpha value is -2.84. The van der Waals surface area contributed by atoms with Crippen molar-refractivity contribution in [2.24, 2.45) is 0 Å². The van der Waals surface area contributed by atoms with Crippen LogP contribution in [0.25, 0.3) is 5.69 Å². The number of hydrogen-bond acceptors (Lipinski definition) is 5. The van der Waals surface area contributed by atoms with Crippen LogP contribution >= 0.6 is 23.2 Å². The number of alkyl halides is 3. The quantitative estimate of drug-likeness (QED) is 0.524. The van der Waals surface area contributed by atoms with Gasteiger partial charge in [0.05, 0.1) is 10.7 Å². The fraction of sp³-hybridized carbons (Fsp3) is 0.0625. The largest absolute Gasteiger partial charge is 0.435 e. The summed E-state index contributed by atoms with van der Waals surface area (Å²) in [6, 6.07) is 3.35. The average Bonchev–Trinajstić information content (AvgIpc) is 3.07. The summed E-state index contributed by atoms with van der Waals surface area (Å²) in [4.78, 5) is 10.5. The van der Waals surface area contributed by atoms with E-state index in [2.05, 4.69) is 10.3 Å². The zero-order chi connectivity index (χ0) is 24.0. The molecule has 2 aromatic carbocycles. The van der Waals surface area contributed by atoms with Crippen LogP contribution in [0.2, 0.25) is 10.0 Å². The van der Waals surface area contributed by atoms with Gasteiger partial charge in [-0.2, -0.15) is 13.2 Å². The average molecular weight is 519 g/mol. The second-order valence-electron chi connectivity index (χ2n) is 5.93. The SMILES string of the molecule is O=C(NS(=O)(=O)c1c(F)cc(F)cc1F)c1nnn(-c2cc(Cl)ccc2Cl)c1C(F)(F)F. The van der Waals surface area contributed by atoms with E-state index in [9.17, 15) is 39.6 Å². The molecular formula is C16H6Cl2F6N4O3S. The maximum Gasteiger partial charge on any atom is 0.435 e. The van der Waals surface area contributed by atoms with Gasteiger partial charge in [-0.25, -0.2) is 31.0 Å². The van der Waals surface area contributed by atoms with Crippen LogP contribution < -0.4 is 4.72 Å². The van der Waals surface area contributed by atoms with Crippen molar-refractivity contribution in [1.29, 1.82) is 0 Å². The monoisotopic (exact) mass is 518 g/mol. The minimum absolute atomic E-state index is 0.000681. The maximum atomic E-state index is 13.8. The number of nitrogens with zero attached hydrogens (tertiary/aromatic N) is 3. The van der Waals surface area contributed by atoms with Crippen LogP contribution in [0.5, 0.6) is 0 Å². The molecule has 32 heavy (non-hydrogen) atoms. The molecule has 0 saturated carbocycles. The van der Waals surface area contributed by atoms with Gasteiger partial charge in [0.2, 0.25) is 0 Å². The molecule has 0 aliphatic heterocycles. The molecule has 0 radical (unpaired) electrons. The highest BCUT2D eigenvalue weighted by Crippen LogP contribution is 2.35. The van der Waals surface area contributed by atoms with E-state index in [1.807, 2.05) is 0 Å². The molecule has 0 aliphatic carbocycles. The summed E-state index contributed by atoms with van der Waals surface area (Å²) in [5.74, 6) is -7.34. The Morgan fingerprint density at radius 3 is 2.19 bits per heavy atom. The van der Waals surface area contributed by atoms with E-state index in [4.69, 9.17) is 23.2 Å². The van der Waals surface area contributed by atoms with Crippen LogP contribution in [0.3, 0.4) is 0 Å². The molecule has 0 saturated heterocycles. The number of carbonyl (C=O) groups is 1. The molecule has 1 amide bonds. The number of benzene rings is 2. The molecule has 170 valence electrons. The summed E-state index contributed by atoms with van der Waals surface area (Å²) in [5, 5.41) is 5.88. The standard InChI is InChI=1S/C16H6Cl2F6N4O3S/c17-6-1-2-8(18)11(3-6)28-14(16(22,23)24)12(25-27-28)15(29)26-32(30,31)13-9(20)4-7(19)5-10(13)21/h1-5H,(H,26,29). The Morgan fingerprint density at radius 1 is 1.03 bits per heavy atom. The van der Waals surface area contributed by atoms with E-state index in [1.165, 1.54) is 6.07 Å². The predicted molar refractivity (Wildman–Crippen MR) is 97.3 cm³/mol. The van der Waals surface area contributed by atoms with E-state index in [-0.39, 0.29) is 26.9 Å². The van der Waals surface area contributed by atoms with Crippen LogP contribution in [-0.4, -0.2) is 29.3 Å². The van der Waals surface area contributed by atoms with E-state index in [0.717, 1.165) is 16.9 Å². The zero-order valence-corrected chi connectivity index (χ0v) is 17.2. The lowest BCUT2D eigenvalue weighted by molar-refractivity contribution is -0.143. The molecule has 0 bridgehead atoms. The molecule has 0 aliphatic rings. The molecule has 7 nitrogen and oxygen atoms in total. The van der Waals surface area contributed by atoms with Crippen molar-refractivity contribution in [2.45, 2.75) is 11.1 Å². The second-order valence-corrected chi connectivity index (χ2v) is 8.39. The molecule has 1 aromatic heterocycles. The van der Waals surface area contributed by atoms with Gasteiger partial charge in [0.25, 0.3) is 15.9 Å². The van der Waals surface area contributed by atoms with Crippen molar-refractivity contribution < 1.29 is 39.6 Å². The highest BCUT2D eigenvalue weighted by molar-refractivity contribution is 7.90. The number of rotatable bonds is 4. The molecule has 3 rings (SSSR count). The van der Waals surface area contributed by atoms with E-state index >= 15 is 0 Å². The smallest absolute Gasteiger partial charge is 0.266 e. The van der Waals surface area contributed by atoms with Gasteiger partial charge in [-0.15, -0.1) is 5.10 Å². The normalized spacial score (nSPS) is 12.1. The molecule has 3 aromatic rings. The van der Waals surface area contributed by atoms with E-state index in [1.54, 1.807) is 0 Å².